The summed E-state index contributed by atoms with van der Waals surface area (Å²) in [7, 11) is 0. The van der Waals surface area contributed by atoms with Crippen LogP contribution in [0.4, 0.5) is 0 Å². The van der Waals surface area contributed by atoms with Crippen molar-refractivity contribution in [2.45, 2.75) is 38.8 Å². The number of hydrogen-bond acceptors (Lipinski definition) is 2. The molecule has 0 atom stereocenters. The van der Waals surface area contributed by atoms with Gasteiger partial charge in [-0.2, -0.15) is 0 Å². The molecule has 0 saturated heterocycles. The van der Waals surface area contributed by atoms with Crippen molar-refractivity contribution in [3.63, 3.8) is 0 Å². The lowest BCUT2D eigenvalue weighted by atomic mass is 9.88. The predicted octanol–water partition coefficient (Wildman–Crippen LogP) is 2.60. The second-order valence-corrected chi connectivity index (χ2v) is 5.19. The average molecular weight is 232 g/mol. The maximum absolute atomic E-state index is 10.6. The number of amides is 1. The number of hydrogen-bond donors (Lipinski definition) is 1. The highest BCUT2D eigenvalue weighted by atomic mass is 16.1. The van der Waals surface area contributed by atoms with Gasteiger partial charge in [0.05, 0.1) is 11.1 Å². The van der Waals surface area contributed by atoms with Crippen molar-refractivity contribution >= 4 is 13.1 Å². The van der Waals surface area contributed by atoms with Gasteiger partial charge in [-0.05, 0) is 45.5 Å². The molecule has 0 unspecified atom stereocenters. The Labute approximate surface area is 103 Å². The van der Waals surface area contributed by atoms with Gasteiger partial charge in [0.2, 0.25) is 6.41 Å². The van der Waals surface area contributed by atoms with Gasteiger partial charge in [-0.15, -0.1) is 0 Å². The molecule has 1 aromatic carbocycles. The van der Waals surface area contributed by atoms with Crippen LogP contribution in [0.2, 0.25) is 0 Å². The molecule has 0 bridgehead atoms. The molecule has 1 rings (SSSR count). The number of nitrogens with zero attached hydrogens (tertiary/aromatic N) is 1. The second-order valence-electron chi connectivity index (χ2n) is 5.19. The summed E-state index contributed by atoms with van der Waals surface area (Å²) in [6.07, 6.45) is 0.726. The zero-order chi connectivity index (χ0) is 13.1. The summed E-state index contributed by atoms with van der Waals surface area (Å²) < 4.78 is 0. The van der Waals surface area contributed by atoms with E-state index < -0.39 is 0 Å². The fourth-order valence-electron chi connectivity index (χ4n) is 1.61. The van der Waals surface area contributed by atoms with Crippen molar-refractivity contribution < 1.29 is 4.79 Å². The Hall–Kier alpha value is -1.64. The van der Waals surface area contributed by atoms with Gasteiger partial charge in [-0.25, -0.2) is 0 Å². The zero-order valence-corrected chi connectivity index (χ0v) is 10.9. The summed E-state index contributed by atoms with van der Waals surface area (Å²) in [5.41, 5.74) is 1.45. The van der Waals surface area contributed by atoms with Crippen molar-refractivity contribution in [1.82, 2.24) is 5.32 Å². The van der Waals surface area contributed by atoms with Crippen LogP contribution in [0.15, 0.2) is 29.3 Å². The van der Waals surface area contributed by atoms with Gasteiger partial charge < -0.3 is 5.32 Å². The third-order valence-corrected chi connectivity index (χ3v) is 3.11. The minimum absolute atomic E-state index is 0.312. The van der Waals surface area contributed by atoms with Crippen LogP contribution in [0.1, 0.15) is 38.8 Å². The molecule has 1 amide bonds. The highest BCUT2D eigenvalue weighted by molar-refractivity contribution is 5.49. The Bertz CT molecular complexity index is 422. The molecule has 0 saturated carbocycles. The van der Waals surface area contributed by atoms with E-state index in [-0.39, 0.29) is 11.1 Å². The molecule has 3 heteroatoms. The fourth-order valence-corrected chi connectivity index (χ4v) is 1.61. The fraction of sp³-hybridized carbons (Fsp3) is 0.429. The average Bonchev–Trinajstić information content (AvgIpc) is 2.29. The molecule has 1 aromatic rings. The quantitative estimate of drug-likeness (QED) is 0.615. The smallest absolute Gasteiger partial charge is 0.207 e. The Balaban J connectivity index is 3.18. The highest BCUT2D eigenvalue weighted by Gasteiger charge is 2.23. The van der Waals surface area contributed by atoms with E-state index >= 15 is 0 Å². The van der Waals surface area contributed by atoms with Crippen molar-refractivity contribution in [2.75, 3.05) is 0 Å². The Morgan fingerprint density at radius 2 is 1.82 bits per heavy atom. The minimum Gasteiger partial charge on any atom is -0.350 e. The lowest BCUT2D eigenvalue weighted by Gasteiger charge is -2.27. The van der Waals surface area contributed by atoms with Crippen LogP contribution in [0, 0.1) is 0 Å². The van der Waals surface area contributed by atoms with Crippen LogP contribution < -0.4 is 5.32 Å². The Kier molecular flexibility index (Phi) is 3.71. The first kappa shape index (κ1) is 13.4. The van der Waals surface area contributed by atoms with Gasteiger partial charge in [-0.3, -0.25) is 9.79 Å². The van der Waals surface area contributed by atoms with Gasteiger partial charge in [-0.1, -0.05) is 24.3 Å². The molecule has 0 aliphatic rings. The van der Waals surface area contributed by atoms with Crippen molar-refractivity contribution in [2.24, 2.45) is 4.99 Å². The maximum atomic E-state index is 10.6. The lowest BCUT2D eigenvalue weighted by Crippen LogP contribution is -2.35. The number of benzene rings is 1. The molecule has 0 aliphatic carbocycles. The van der Waals surface area contributed by atoms with Gasteiger partial charge in [0.25, 0.3) is 0 Å². The van der Waals surface area contributed by atoms with E-state index in [1.807, 2.05) is 45.9 Å². The molecular formula is C14H20N2O. The molecule has 92 valence electrons. The molecule has 0 spiro atoms. The summed E-state index contributed by atoms with van der Waals surface area (Å²) in [5, 5.41) is 2.81. The van der Waals surface area contributed by atoms with Crippen LogP contribution in [-0.4, -0.2) is 13.1 Å². The predicted molar refractivity (Wildman–Crippen MR) is 71.2 cm³/mol. The van der Waals surface area contributed by atoms with Crippen LogP contribution in [0.3, 0.4) is 0 Å². The van der Waals surface area contributed by atoms with Crippen LogP contribution in [0.25, 0.3) is 0 Å². The number of rotatable bonds is 5. The third kappa shape index (κ3) is 2.93. The summed E-state index contributed by atoms with van der Waals surface area (Å²) in [5.74, 6) is 0. The van der Waals surface area contributed by atoms with Gasteiger partial charge >= 0.3 is 0 Å². The number of nitrogens with one attached hydrogen (secondary N) is 1. The number of carbonyl (C=O) groups excluding carboxylic acids is 1. The van der Waals surface area contributed by atoms with E-state index in [2.05, 4.69) is 23.1 Å². The normalized spacial score (nSPS) is 12.0. The van der Waals surface area contributed by atoms with Gasteiger partial charge in [0, 0.05) is 0 Å². The molecule has 1 N–H and O–H groups in total. The van der Waals surface area contributed by atoms with Crippen LogP contribution in [-0.2, 0) is 15.9 Å². The molecule has 17 heavy (non-hydrogen) atoms. The monoisotopic (exact) mass is 232 g/mol. The molecule has 0 aromatic heterocycles. The Morgan fingerprint density at radius 1 is 1.24 bits per heavy atom. The molecule has 0 radical (unpaired) electrons. The van der Waals surface area contributed by atoms with E-state index in [0.717, 1.165) is 17.5 Å². The van der Waals surface area contributed by atoms with E-state index in [9.17, 15) is 4.79 Å². The highest BCUT2D eigenvalue weighted by Crippen LogP contribution is 2.28. The summed E-state index contributed by atoms with van der Waals surface area (Å²) in [6.45, 7) is 11.6. The molecule has 0 heterocycles. The van der Waals surface area contributed by atoms with E-state index in [1.54, 1.807) is 0 Å². The SMILES string of the molecule is C=NC(C)(C)c1cccc(C(C)(C)NC=O)c1. The van der Waals surface area contributed by atoms with E-state index in [1.165, 1.54) is 0 Å². The van der Waals surface area contributed by atoms with E-state index in [0.29, 0.717) is 0 Å². The topological polar surface area (TPSA) is 41.5 Å². The first-order valence-electron chi connectivity index (χ1n) is 5.64. The van der Waals surface area contributed by atoms with Crippen molar-refractivity contribution in [1.29, 1.82) is 0 Å². The summed E-state index contributed by atoms with van der Waals surface area (Å²) >= 11 is 0. The van der Waals surface area contributed by atoms with Crippen LogP contribution >= 0.6 is 0 Å². The summed E-state index contributed by atoms with van der Waals surface area (Å²) in [4.78, 5) is 14.7. The Morgan fingerprint density at radius 3 is 2.35 bits per heavy atom. The molecule has 3 nitrogen and oxygen atoms in total. The number of aliphatic imine (C=N–C) groups is 1. The van der Waals surface area contributed by atoms with E-state index in [4.69, 9.17) is 0 Å². The minimum atomic E-state index is -0.380. The second kappa shape index (κ2) is 4.70. The first-order valence-corrected chi connectivity index (χ1v) is 5.64. The maximum Gasteiger partial charge on any atom is 0.207 e. The van der Waals surface area contributed by atoms with Gasteiger partial charge in [0.15, 0.2) is 0 Å². The summed E-state index contributed by atoms with van der Waals surface area (Å²) in [6, 6.07) is 8.06. The molecule has 0 fully saturated rings. The van der Waals surface area contributed by atoms with Crippen LogP contribution in [0.5, 0.6) is 0 Å². The number of carbonyl (C=O) groups is 1. The standard InChI is InChI=1S/C14H20N2O/c1-13(2,15-5)11-7-6-8-12(9-11)14(3,4)16-10-17/h6-10H,5H2,1-4H3,(H,16,17). The van der Waals surface area contributed by atoms with Gasteiger partial charge in [0.1, 0.15) is 0 Å². The molecule has 0 aliphatic heterocycles. The largest absolute Gasteiger partial charge is 0.350 e. The molecular weight excluding hydrogens is 212 g/mol. The lowest BCUT2D eigenvalue weighted by molar-refractivity contribution is -0.111. The first-order chi connectivity index (χ1) is 7.83. The third-order valence-electron chi connectivity index (χ3n) is 3.11. The van der Waals surface area contributed by atoms with Crippen molar-refractivity contribution in [3.05, 3.63) is 35.4 Å². The van der Waals surface area contributed by atoms with Crippen molar-refractivity contribution in [3.8, 4) is 0 Å². The zero-order valence-electron chi connectivity index (χ0n) is 10.9.